The zero-order valence-corrected chi connectivity index (χ0v) is 13.3. The third-order valence-electron chi connectivity index (χ3n) is 2.90. The van der Waals surface area contributed by atoms with E-state index in [9.17, 15) is 8.42 Å². The maximum atomic E-state index is 12.5. The Morgan fingerprint density at radius 3 is 1.24 bits per heavy atom. The molecule has 7 heteroatoms. The summed E-state index contributed by atoms with van der Waals surface area (Å²) in [6.45, 7) is 0. The lowest BCUT2D eigenvalue weighted by Crippen LogP contribution is -2.10. The van der Waals surface area contributed by atoms with E-state index in [-0.39, 0.29) is 19.8 Å². The van der Waals surface area contributed by atoms with Crippen molar-refractivity contribution in [1.29, 1.82) is 0 Å². The van der Waals surface area contributed by atoms with Gasteiger partial charge < -0.3 is 11.5 Å². The summed E-state index contributed by atoms with van der Waals surface area (Å²) in [7, 11) is -3.59. The van der Waals surface area contributed by atoms with Crippen molar-refractivity contribution in [3.63, 3.8) is 0 Å². The average molecular weight is 336 g/mol. The Labute approximate surface area is 133 Å². The lowest BCUT2D eigenvalue weighted by Gasteiger charge is -2.06. The molecule has 0 heterocycles. The highest BCUT2D eigenvalue weighted by molar-refractivity contribution is 7.91. The van der Waals surface area contributed by atoms with E-state index >= 15 is 0 Å². The summed E-state index contributed by atoms with van der Waals surface area (Å²) in [4.78, 5) is 0.788. The van der Waals surface area contributed by atoms with Crippen LogP contribution in [0.3, 0.4) is 0 Å². The van der Waals surface area contributed by atoms with Crippen molar-refractivity contribution in [3.05, 3.63) is 59.7 Å². The summed E-state index contributed by atoms with van der Waals surface area (Å²) in [5.41, 5.74) is 12.2. The lowest BCUT2D eigenvalue weighted by molar-refractivity contribution is 0.596. The van der Waals surface area contributed by atoms with Gasteiger partial charge in [-0.05, 0) is 24.3 Å². The maximum Gasteiger partial charge on any atom is 0.206 e. The number of nitrogens with two attached hydrogens (primary N) is 2. The standard InChI is InChI=1S/C14H12N2O2S3/c15-13(19)9-1-5-11(6-2-9)21(17,18)12-7-3-10(4-8-12)14(16)20/h1-8H,(H2,15,19)(H2,16,20). The molecule has 0 saturated carbocycles. The van der Waals surface area contributed by atoms with Crippen LogP contribution in [0.15, 0.2) is 58.3 Å². The molecule has 0 radical (unpaired) electrons. The van der Waals surface area contributed by atoms with E-state index in [2.05, 4.69) is 0 Å². The second-order valence-electron chi connectivity index (χ2n) is 4.28. The minimum absolute atomic E-state index is 0.172. The smallest absolute Gasteiger partial charge is 0.206 e. The largest absolute Gasteiger partial charge is 0.389 e. The molecule has 0 atom stereocenters. The fourth-order valence-electron chi connectivity index (χ4n) is 1.73. The minimum atomic E-state index is -3.59. The molecule has 4 nitrogen and oxygen atoms in total. The molecule has 2 rings (SSSR count). The van der Waals surface area contributed by atoms with Crippen molar-refractivity contribution < 1.29 is 8.42 Å². The molecule has 0 fully saturated rings. The lowest BCUT2D eigenvalue weighted by atomic mass is 10.2. The Balaban J connectivity index is 2.41. The van der Waals surface area contributed by atoms with Gasteiger partial charge in [0.2, 0.25) is 9.84 Å². The molecule has 21 heavy (non-hydrogen) atoms. The van der Waals surface area contributed by atoms with Gasteiger partial charge in [0.05, 0.1) is 9.79 Å². The Morgan fingerprint density at radius 1 is 0.714 bits per heavy atom. The molecule has 0 aliphatic rings. The second-order valence-corrected chi connectivity index (χ2v) is 7.11. The van der Waals surface area contributed by atoms with Gasteiger partial charge in [-0.3, -0.25) is 0 Å². The van der Waals surface area contributed by atoms with Crippen molar-refractivity contribution in [3.8, 4) is 0 Å². The Hall–Kier alpha value is -1.83. The van der Waals surface area contributed by atoms with Crippen LogP contribution in [-0.4, -0.2) is 18.4 Å². The molecule has 0 spiro atoms. The van der Waals surface area contributed by atoms with E-state index in [0.717, 1.165) is 0 Å². The van der Waals surface area contributed by atoms with Crippen molar-refractivity contribution >= 4 is 44.3 Å². The third kappa shape index (κ3) is 3.26. The van der Waals surface area contributed by atoms with E-state index in [1.165, 1.54) is 24.3 Å². The zero-order valence-electron chi connectivity index (χ0n) is 10.8. The highest BCUT2D eigenvalue weighted by Crippen LogP contribution is 2.21. The zero-order chi connectivity index (χ0) is 15.6. The molecule has 0 amide bonds. The van der Waals surface area contributed by atoms with Crippen LogP contribution < -0.4 is 11.5 Å². The molecule has 0 bridgehead atoms. The number of thiocarbonyl (C=S) groups is 2. The highest BCUT2D eigenvalue weighted by atomic mass is 32.2. The highest BCUT2D eigenvalue weighted by Gasteiger charge is 2.17. The molecule has 108 valence electrons. The summed E-state index contributed by atoms with van der Waals surface area (Å²) in [6, 6.07) is 12.2. The van der Waals surface area contributed by atoms with Crippen molar-refractivity contribution in [2.24, 2.45) is 11.5 Å². The predicted molar refractivity (Wildman–Crippen MR) is 90.1 cm³/mol. The predicted octanol–water partition coefficient (Wildman–Crippen LogP) is 1.79. The summed E-state index contributed by atoms with van der Waals surface area (Å²) in [5.74, 6) is 0. The summed E-state index contributed by atoms with van der Waals surface area (Å²) < 4.78 is 24.9. The average Bonchev–Trinajstić information content (AvgIpc) is 2.47. The van der Waals surface area contributed by atoms with Gasteiger partial charge in [-0.1, -0.05) is 48.7 Å². The first-order chi connectivity index (χ1) is 9.82. The summed E-state index contributed by atoms with van der Waals surface area (Å²) in [5, 5.41) is 0. The molecule has 0 aliphatic heterocycles. The number of sulfone groups is 1. The number of hydrogen-bond acceptors (Lipinski definition) is 4. The number of benzene rings is 2. The van der Waals surface area contributed by atoms with Crippen LogP contribution in [0, 0.1) is 0 Å². The summed E-state index contributed by atoms with van der Waals surface area (Å²) >= 11 is 9.67. The van der Waals surface area contributed by atoms with Crippen molar-refractivity contribution in [2.75, 3.05) is 0 Å². The van der Waals surface area contributed by atoms with Gasteiger partial charge in [-0.25, -0.2) is 8.42 Å². The van der Waals surface area contributed by atoms with Gasteiger partial charge >= 0.3 is 0 Å². The van der Waals surface area contributed by atoms with Crippen LogP contribution in [-0.2, 0) is 9.84 Å². The molecule has 4 N–H and O–H groups in total. The number of rotatable bonds is 4. The normalized spacial score (nSPS) is 11.0. The first-order valence-electron chi connectivity index (χ1n) is 5.87. The van der Waals surface area contributed by atoms with E-state index in [1.54, 1.807) is 24.3 Å². The van der Waals surface area contributed by atoms with Crippen LogP contribution in [0.5, 0.6) is 0 Å². The first kappa shape index (κ1) is 15.6. The molecule has 0 unspecified atom stereocenters. The molecule has 2 aromatic carbocycles. The molecular weight excluding hydrogens is 324 g/mol. The van der Waals surface area contributed by atoms with E-state index < -0.39 is 9.84 Å². The van der Waals surface area contributed by atoms with E-state index in [4.69, 9.17) is 35.9 Å². The van der Waals surface area contributed by atoms with Crippen LogP contribution >= 0.6 is 24.4 Å². The van der Waals surface area contributed by atoms with Crippen molar-refractivity contribution in [2.45, 2.75) is 9.79 Å². The molecular formula is C14H12N2O2S3. The minimum Gasteiger partial charge on any atom is -0.389 e. The topological polar surface area (TPSA) is 86.2 Å². The molecule has 0 saturated heterocycles. The molecule has 0 aromatic heterocycles. The van der Waals surface area contributed by atoms with Gasteiger partial charge in [-0.15, -0.1) is 0 Å². The number of hydrogen-bond donors (Lipinski definition) is 2. The van der Waals surface area contributed by atoms with Gasteiger partial charge in [0.25, 0.3) is 0 Å². The second kappa shape index (κ2) is 5.88. The van der Waals surface area contributed by atoms with E-state index in [1.807, 2.05) is 0 Å². The van der Waals surface area contributed by atoms with Crippen LogP contribution in [0.4, 0.5) is 0 Å². The van der Waals surface area contributed by atoms with Crippen LogP contribution in [0.2, 0.25) is 0 Å². The van der Waals surface area contributed by atoms with Gasteiger partial charge in [-0.2, -0.15) is 0 Å². The fourth-order valence-corrected chi connectivity index (χ4v) is 3.27. The Morgan fingerprint density at radius 2 is 1.00 bits per heavy atom. The third-order valence-corrected chi connectivity index (χ3v) is 5.16. The Kier molecular flexibility index (Phi) is 4.36. The fraction of sp³-hybridized carbons (Fsp3) is 0. The van der Waals surface area contributed by atoms with Crippen molar-refractivity contribution in [1.82, 2.24) is 0 Å². The quantitative estimate of drug-likeness (QED) is 0.828. The first-order valence-corrected chi connectivity index (χ1v) is 8.17. The Bertz CT molecular complexity index is 732. The van der Waals surface area contributed by atoms with Gasteiger partial charge in [0, 0.05) is 11.1 Å². The van der Waals surface area contributed by atoms with Crippen LogP contribution in [0.25, 0.3) is 0 Å². The summed E-state index contributed by atoms with van der Waals surface area (Å²) in [6.07, 6.45) is 0. The van der Waals surface area contributed by atoms with Gasteiger partial charge in [0.1, 0.15) is 9.98 Å². The SMILES string of the molecule is NC(=S)c1ccc(S(=O)(=O)c2ccc(C(N)=S)cc2)cc1. The molecule has 2 aromatic rings. The van der Waals surface area contributed by atoms with Crippen LogP contribution in [0.1, 0.15) is 11.1 Å². The van der Waals surface area contributed by atoms with Gasteiger partial charge in [0.15, 0.2) is 0 Å². The monoisotopic (exact) mass is 336 g/mol. The maximum absolute atomic E-state index is 12.5. The van der Waals surface area contributed by atoms with E-state index in [0.29, 0.717) is 11.1 Å². The molecule has 0 aliphatic carbocycles.